The van der Waals surface area contributed by atoms with Gasteiger partial charge in [0.15, 0.2) is 0 Å². The van der Waals surface area contributed by atoms with E-state index in [-0.39, 0.29) is 0 Å². The molecule has 1 rings (SSSR count). The number of allylic oxidation sites excluding steroid dienone is 1. The highest BCUT2D eigenvalue weighted by molar-refractivity contribution is 5.61. The van der Waals surface area contributed by atoms with Gasteiger partial charge in [0.25, 0.3) is 0 Å². The highest BCUT2D eigenvalue weighted by Gasteiger charge is 1.96. The molecule has 68 valence electrons. The van der Waals surface area contributed by atoms with Crippen molar-refractivity contribution in [3.8, 4) is 0 Å². The first-order valence-corrected chi connectivity index (χ1v) is 4.54. The van der Waals surface area contributed by atoms with Crippen LogP contribution >= 0.6 is 0 Å². The van der Waals surface area contributed by atoms with E-state index < -0.39 is 0 Å². The van der Waals surface area contributed by atoms with Gasteiger partial charge in [-0.3, -0.25) is 4.98 Å². The molecule has 0 unspecified atom stereocenters. The second-order valence-corrected chi connectivity index (χ2v) is 2.94. The van der Waals surface area contributed by atoms with Gasteiger partial charge in [0.2, 0.25) is 0 Å². The number of hydrogen-bond acceptors (Lipinski definition) is 1. The minimum atomic E-state index is 0.963. The number of pyridine rings is 1. The minimum absolute atomic E-state index is 0.963. The van der Waals surface area contributed by atoms with Crippen LogP contribution in [0.15, 0.2) is 24.8 Å². The Labute approximate surface area is 79.8 Å². The van der Waals surface area contributed by atoms with Crippen molar-refractivity contribution in [3.63, 3.8) is 0 Å². The van der Waals surface area contributed by atoms with E-state index in [0.29, 0.717) is 0 Å². The second kappa shape index (κ2) is 4.61. The number of rotatable bonds is 3. The maximum absolute atomic E-state index is 4.38. The summed E-state index contributed by atoms with van der Waals surface area (Å²) < 4.78 is 0. The van der Waals surface area contributed by atoms with E-state index in [1.165, 1.54) is 0 Å². The summed E-state index contributed by atoms with van der Waals surface area (Å²) in [5.74, 6) is 0. The van der Waals surface area contributed by atoms with Gasteiger partial charge in [-0.05, 0) is 31.1 Å². The first-order valence-electron chi connectivity index (χ1n) is 4.54. The molecule has 0 bridgehead atoms. The van der Waals surface area contributed by atoms with Gasteiger partial charge in [0, 0.05) is 5.69 Å². The van der Waals surface area contributed by atoms with Gasteiger partial charge in [0.1, 0.15) is 0 Å². The lowest BCUT2D eigenvalue weighted by Crippen LogP contribution is -1.88. The molecule has 1 heterocycles. The zero-order valence-corrected chi connectivity index (χ0v) is 8.25. The zero-order valence-electron chi connectivity index (χ0n) is 8.25. The fourth-order valence-corrected chi connectivity index (χ4v) is 1.14. The third kappa shape index (κ3) is 2.55. The molecule has 0 atom stereocenters. The van der Waals surface area contributed by atoms with Gasteiger partial charge < -0.3 is 0 Å². The summed E-state index contributed by atoms with van der Waals surface area (Å²) in [6.07, 6.45) is 7.05. The van der Waals surface area contributed by atoms with Crippen LogP contribution < -0.4 is 0 Å². The molecule has 0 radical (unpaired) electrons. The summed E-state index contributed by atoms with van der Waals surface area (Å²) in [4.78, 5) is 4.38. The third-order valence-electron chi connectivity index (χ3n) is 1.82. The molecule has 0 fully saturated rings. The Hall–Kier alpha value is -1.37. The Bertz CT molecular complexity index is 324. The summed E-state index contributed by atoms with van der Waals surface area (Å²) >= 11 is 0. The van der Waals surface area contributed by atoms with Crippen molar-refractivity contribution in [2.24, 2.45) is 0 Å². The average molecular weight is 173 g/mol. The van der Waals surface area contributed by atoms with Crippen molar-refractivity contribution >= 4 is 12.2 Å². The standard InChI is InChI=1S/C12H15N/c1-4-6-7-11-9-8-10(3)13-12(11)5-2/h5-9H,2,4H2,1,3H3/b7-6-. The van der Waals surface area contributed by atoms with Crippen molar-refractivity contribution in [3.05, 3.63) is 41.7 Å². The molecule has 1 aromatic heterocycles. The molecule has 0 aromatic carbocycles. The normalized spacial score (nSPS) is 10.6. The van der Waals surface area contributed by atoms with Crippen LogP contribution in [0.4, 0.5) is 0 Å². The van der Waals surface area contributed by atoms with E-state index in [0.717, 1.165) is 23.4 Å². The van der Waals surface area contributed by atoms with Crippen LogP contribution in [-0.2, 0) is 0 Å². The van der Waals surface area contributed by atoms with Crippen LogP contribution in [0.5, 0.6) is 0 Å². The van der Waals surface area contributed by atoms with Gasteiger partial charge in [-0.2, -0.15) is 0 Å². The van der Waals surface area contributed by atoms with E-state index in [1.54, 1.807) is 6.08 Å². The molecule has 0 spiro atoms. The van der Waals surface area contributed by atoms with E-state index in [9.17, 15) is 0 Å². The van der Waals surface area contributed by atoms with Crippen molar-refractivity contribution < 1.29 is 0 Å². The Balaban J connectivity index is 3.06. The number of aryl methyl sites for hydroxylation is 1. The highest BCUT2D eigenvalue weighted by Crippen LogP contribution is 2.11. The molecule has 0 saturated heterocycles. The van der Waals surface area contributed by atoms with Crippen molar-refractivity contribution in [1.29, 1.82) is 0 Å². The topological polar surface area (TPSA) is 12.9 Å². The molecule has 0 aliphatic heterocycles. The number of nitrogens with zero attached hydrogens (tertiary/aromatic N) is 1. The van der Waals surface area contributed by atoms with E-state index in [4.69, 9.17) is 0 Å². The van der Waals surface area contributed by atoms with Crippen molar-refractivity contribution in [1.82, 2.24) is 4.98 Å². The van der Waals surface area contributed by atoms with E-state index in [1.807, 2.05) is 13.0 Å². The van der Waals surface area contributed by atoms with E-state index >= 15 is 0 Å². The monoisotopic (exact) mass is 173 g/mol. The third-order valence-corrected chi connectivity index (χ3v) is 1.82. The summed E-state index contributed by atoms with van der Waals surface area (Å²) in [7, 11) is 0. The molecule has 0 aliphatic rings. The Morgan fingerprint density at radius 3 is 2.85 bits per heavy atom. The molecule has 0 amide bonds. The lowest BCUT2D eigenvalue weighted by atomic mass is 10.1. The van der Waals surface area contributed by atoms with E-state index in [2.05, 4.69) is 36.7 Å². The largest absolute Gasteiger partial charge is 0.253 e. The maximum atomic E-state index is 4.38. The molecule has 0 aliphatic carbocycles. The van der Waals surface area contributed by atoms with Crippen LogP contribution in [0.2, 0.25) is 0 Å². The van der Waals surface area contributed by atoms with Gasteiger partial charge >= 0.3 is 0 Å². The molecule has 1 heteroatoms. The van der Waals surface area contributed by atoms with Crippen molar-refractivity contribution in [2.75, 3.05) is 0 Å². The molecule has 1 nitrogen and oxygen atoms in total. The fraction of sp³-hybridized carbons (Fsp3) is 0.250. The minimum Gasteiger partial charge on any atom is -0.253 e. The van der Waals surface area contributed by atoms with Crippen molar-refractivity contribution in [2.45, 2.75) is 20.3 Å². The van der Waals surface area contributed by atoms with Crippen LogP contribution in [0.25, 0.3) is 12.2 Å². The molecular formula is C12H15N. The SMILES string of the molecule is C=Cc1nc(C)ccc1/C=C\CC. The van der Waals surface area contributed by atoms with Crippen LogP contribution in [0.1, 0.15) is 30.3 Å². The lowest BCUT2D eigenvalue weighted by Gasteiger charge is -2.00. The first kappa shape index (κ1) is 9.72. The zero-order chi connectivity index (χ0) is 9.68. The van der Waals surface area contributed by atoms with Crippen LogP contribution in [0, 0.1) is 6.92 Å². The quantitative estimate of drug-likeness (QED) is 0.682. The van der Waals surface area contributed by atoms with Crippen LogP contribution in [-0.4, -0.2) is 4.98 Å². The summed E-state index contributed by atoms with van der Waals surface area (Å²) in [5.41, 5.74) is 3.13. The average Bonchev–Trinajstić information content (AvgIpc) is 2.16. The smallest absolute Gasteiger partial charge is 0.0699 e. The Morgan fingerprint density at radius 2 is 2.23 bits per heavy atom. The Morgan fingerprint density at radius 1 is 1.46 bits per heavy atom. The Kier molecular flexibility index (Phi) is 3.44. The van der Waals surface area contributed by atoms with Gasteiger partial charge in [-0.25, -0.2) is 0 Å². The maximum Gasteiger partial charge on any atom is 0.0699 e. The van der Waals surface area contributed by atoms with Crippen LogP contribution in [0.3, 0.4) is 0 Å². The molecular weight excluding hydrogens is 158 g/mol. The summed E-state index contributed by atoms with van der Waals surface area (Å²) in [6.45, 7) is 7.85. The molecule has 0 N–H and O–H groups in total. The predicted molar refractivity (Wildman–Crippen MR) is 58.4 cm³/mol. The fourth-order valence-electron chi connectivity index (χ4n) is 1.14. The second-order valence-electron chi connectivity index (χ2n) is 2.94. The summed E-state index contributed by atoms with van der Waals surface area (Å²) in [6, 6.07) is 4.09. The van der Waals surface area contributed by atoms with Gasteiger partial charge in [0.05, 0.1) is 5.69 Å². The molecule has 0 saturated carbocycles. The first-order chi connectivity index (χ1) is 6.27. The number of hydrogen-bond donors (Lipinski definition) is 0. The van der Waals surface area contributed by atoms with Gasteiger partial charge in [-0.1, -0.05) is 31.7 Å². The number of aromatic nitrogens is 1. The lowest BCUT2D eigenvalue weighted by molar-refractivity contribution is 1.17. The molecule has 1 aromatic rings. The highest BCUT2D eigenvalue weighted by atomic mass is 14.7. The predicted octanol–water partition coefficient (Wildman–Crippen LogP) is 3.46. The van der Waals surface area contributed by atoms with Gasteiger partial charge in [-0.15, -0.1) is 0 Å². The molecule has 13 heavy (non-hydrogen) atoms. The summed E-state index contributed by atoms with van der Waals surface area (Å²) in [5, 5.41) is 0.